The van der Waals surface area contributed by atoms with E-state index in [9.17, 15) is 8.42 Å². The van der Waals surface area contributed by atoms with Crippen molar-refractivity contribution in [3.63, 3.8) is 0 Å². The third kappa shape index (κ3) is 3.63. The summed E-state index contributed by atoms with van der Waals surface area (Å²) in [7, 11) is -3.22. The zero-order chi connectivity index (χ0) is 14.8. The molecule has 1 atom stereocenters. The Morgan fingerprint density at radius 2 is 2.20 bits per heavy atom. The molecule has 1 unspecified atom stereocenters. The molecule has 2 aromatic rings. The number of aryl methyl sites for hydroxylation is 1. The molecule has 0 spiro atoms. The maximum absolute atomic E-state index is 11.6. The minimum Gasteiger partial charge on any atom is -0.271 e. The molecule has 0 aliphatic carbocycles. The topological polar surface area (TPSA) is 85.1 Å². The number of rotatable bonds is 5. The van der Waals surface area contributed by atoms with Gasteiger partial charge in [-0.25, -0.2) is 13.4 Å². The Morgan fingerprint density at radius 1 is 1.45 bits per heavy atom. The lowest BCUT2D eigenvalue weighted by molar-refractivity contribution is 0.545. The molecule has 0 radical (unpaired) electrons. The van der Waals surface area contributed by atoms with Gasteiger partial charge in [-0.05, 0) is 24.6 Å². The third-order valence-electron chi connectivity index (χ3n) is 2.97. The number of aromatic nitrogens is 1. The highest BCUT2D eigenvalue weighted by Gasteiger charge is 2.15. The molecule has 1 aromatic heterocycles. The molecule has 3 N–H and O–H groups in total. The summed E-state index contributed by atoms with van der Waals surface area (Å²) >= 11 is 1.58. The van der Waals surface area contributed by atoms with E-state index < -0.39 is 9.84 Å². The molecule has 5 nitrogen and oxygen atoms in total. The molecule has 1 aromatic carbocycles. The average Bonchev–Trinajstić information content (AvgIpc) is 2.81. The van der Waals surface area contributed by atoms with Gasteiger partial charge in [0.2, 0.25) is 0 Å². The van der Waals surface area contributed by atoms with Gasteiger partial charge in [-0.2, -0.15) is 0 Å². The number of nitrogens with two attached hydrogens (primary N) is 1. The van der Waals surface area contributed by atoms with Gasteiger partial charge in [-0.3, -0.25) is 11.3 Å². The van der Waals surface area contributed by atoms with Gasteiger partial charge in [-0.15, -0.1) is 11.3 Å². The van der Waals surface area contributed by atoms with E-state index in [0.717, 1.165) is 16.3 Å². The molecule has 1 heterocycles. The quantitative estimate of drug-likeness (QED) is 0.647. The molecule has 0 bridgehead atoms. The number of sulfone groups is 1. The second-order valence-electron chi connectivity index (χ2n) is 4.63. The van der Waals surface area contributed by atoms with Crippen molar-refractivity contribution in [2.75, 3.05) is 6.26 Å². The van der Waals surface area contributed by atoms with Crippen molar-refractivity contribution in [1.29, 1.82) is 0 Å². The standard InChI is InChI=1S/C13H17N3O2S2/c1-9-15-11(8-19-9)7-13(16-14)10-4-3-5-12(6-10)20(2,17)18/h3-6,8,13,16H,7,14H2,1-2H3. The molecule has 108 valence electrons. The van der Waals surface area contributed by atoms with Crippen LogP contribution in [0.2, 0.25) is 0 Å². The molecule has 0 aliphatic heterocycles. The summed E-state index contributed by atoms with van der Waals surface area (Å²) in [6, 6.07) is 6.65. The zero-order valence-corrected chi connectivity index (χ0v) is 13.0. The number of thiazole rings is 1. The maximum Gasteiger partial charge on any atom is 0.175 e. The van der Waals surface area contributed by atoms with Crippen LogP contribution < -0.4 is 11.3 Å². The monoisotopic (exact) mass is 311 g/mol. The fourth-order valence-corrected chi connectivity index (χ4v) is 3.25. The summed E-state index contributed by atoms with van der Waals surface area (Å²) in [5, 5.41) is 2.99. The van der Waals surface area contributed by atoms with Crippen molar-refractivity contribution in [2.24, 2.45) is 5.84 Å². The van der Waals surface area contributed by atoms with Crippen molar-refractivity contribution in [1.82, 2.24) is 10.4 Å². The Labute approximate surface area is 122 Å². The Hall–Kier alpha value is -1.28. The van der Waals surface area contributed by atoms with Crippen molar-refractivity contribution >= 4 is 21.2 Å². The predicted molar refractivity (Wildman–Crippen MR) is 80.2 cm³/mol. The van der Waals surface area contributed by atoms with E-state index in [4.69, 9.17) is 5.84 Å². The number of hydrogen-bond donors (Lipinski definition) is 2. The van der Waals surface area contributed by atoms with Crippen LogP contribution in [0.4, 0.5) is 0 Å². The van der Waals surface area contributed by atoms with Crippen LogP contribution in [-0.4, -0.2) is 19.7 Å². The zero-order valence-electron chi connectivity index (χ0n) is 11.3. The van der Waals surface area contributed by atoms with Crippen molar-refractivity contribution < 1.29 is 8.42 Å². The highest BCUT2D eigenvalue weighted by molar-refractivity contribution is 7.90. The van der Waals surface area contributed by atoms with Crippen LogP contribution in [0.3, 0.4) is 0 Å². The summed E-state index contributed by atoms with van der Waals surface area (Å²) in [6.07, 6.45) is 1.81. The van der Waals surface area contributed by atoms with Gasteiger partial charge in [0.25, 0.3) is 0 Å². The second-order valence-corrected chi connectivity index (χ2v) is 7.70. The minimum absolute atomic E-state index is 0.168. The minimum atomic E-state index is -3.22. The molecule has 0 saturated carbocycles. The van der Waals surface area contributed by atoms with Crippen LogP contribution in [0.25, 0.3) is 0 Å². The normalized spacial score (nSPS) is 13.3. The molecule has 0 fully saturated rings. The molecule has 0 aliphatic rings. The van der Waals surface area contributed by atoms with E-state index in [1.54, 1.807) is 29.5 Å². The van der Waals surface area contributed by atoms with Crippen LogP contribution in [0.5, 0.6) is 0 Å². The summed E-state index contributed by atoms with van der Waals surface area (Å²) in [4.78, 5) is 4.70. The molecular weight excluding hydrogens is 294 g/mol. The fourth-order valence-electron chi connectivity index (χ4n) is 1.95. The molecule has 20 heavy (non-hydrogen) atoms. The summed E-state index contributed by atoms with van der Waals surface area (Å²) < 4.78 is 23.2. The lowest BCUT2D eigenvalue weighted by Crippen LogP contribution is -2.29. The van der Waals surface area contributed by atoms with E-state index in [2.05, 4.69) is 10.4 Å². The van der Waals surface area contributed by atoms with Crippen molar-refractivity contribution in [3.05, 3.63) is 45.9 Å². The lowest BCUT2D eigenvalue weighted by Gasteiger charge is -2.16. The average molecular weight is 311 g/mol. The Balaban J connectivity index is 2.28. The van der Waals surface area contributed by atoms with Gasteiger partial charge in [0, 0.05) is 18.1 Å². The first kappa shape index (κ1) is 15.1. The number of benzene rings is 1. The first-order chi connectivity index (χ1) is 9.40. The van der Waals surface area contributed by atoms with Gasteiger partial charge < -0.3 is 0 Å². The van der Waals surface area contributed by atoms with Crippen LogP contribution in [0.1, 0.15) is 22.3 Å². The molecule has 0 saturated heterocycles. The highest BCUT2D eigenvalue weighted by atomic mass is 32.2. The Kier molecular flexibility index (Phi) is 4.54. The predicted octanol–water partition coefficient (Wildman–Crippen LogP) is 1.60. The van der Waals surface area contributed by atoms with Gasteiger partial charge in [-0.1, -0.05) is 12.1 Å². The molecule has 0 amide bonds. The smallest absolute Gasteiger partial charge is 0.175 e. The van der Waals surface area contributed by atoms with Crippen LogP contribution in [0.15, 0.2) is 34.5 Å². The van der Waals surface area contributed by atoms with Crippen molar-refractivity contribution in [3.8, 4) is 0 Å². The van der Waals surface area contributed by atoms with E-state index >= 15 is 0 Å². The Morgan fingerprint density at radius 3 is 2.75 bits per heavy atom. The van der Waals surface area contributed by atoms with Gasteiger partial charge >= 0.3 is 0 Å². The highest BCUT2D eigenvalue weighted by Crippen LogP contribution is 2.21. The van der Waals surface area contributed by atoms with Gasteiger partial charge in [0.15, 0.2) is 9.84 Å². The molecule has 7 heteroatoms. The largest absolute Gasteiger partial charge is 0.271 e. The summed E-state index contributed by atoms with van der Waals surface area (Å²) in [6.45, 7) is 1.95. The van der Waals surface area contributed by atoms with Crippen LogP contribution in [-0.2, 0) is 16.3 Å². The lowest BCUT2D eigenvalue weighted by atomic mass is 10.0. The van der Waals surface area contributed by atoms with E-state index in [1.165, 1.54) is 6.26 Å². The fraction of sp³-hybridized carbons (Fsp3) is 0.308. The van der Waals surface area contributed by atoms with E-state index in [0.29, 0.717) is 11.3 Å². The third-order valence-corrected chi connectivity index (χ3v) is 4.90. The molecular formula is C13H17N3O2S2. The molecule has 2 rings (SSSR count). The Bertz CT molecular complexity index is 695. The van der Waals surface area contributed by atoms with Crippen LogP contribution in [0, 0.1) is 6.92 Å². The first-order valence-electron chi connectivity index (χ1n) is 6.07. The van der Waals surface area contributed by atoms with Gasteiger partial charge in [0.05, 0.1) is 21.6 Å². The van der Waals surface area contributed by atoms with E-state index in [1.807, 2.05) is 18.4 Å². The SMILES string of the molecule is Cc1nc(CC(NN)c2cccc(S(C)(=O)=O)c2)cs1. The van der Waals surface area contributed by atoms with Crippen LogP contribution >= 0.6 is 11.3 Å². The number of hydrazine groups is 1. The summed E-state index contributed by atoms with van der Waals surface area (Å²) in [5.41, 5.74) is 4.50. The van der Waals surface area contributed by atoms with Crippen molar-refractivity contribution in [2.45, 2.75) is 24.3 Å². The maximum atomic E-state index is 11.6. The van der Waals surface area contributed by atoms with E-state index in [-0.39, 0.29) is 6.04 Å². The van der Waals surface area contributed by atoms with Gasteiger partial charge in [0.1, 0.15) is 0 Å². The number of nitrogens with zero attached hydrogens (tertiary/aromatic N) is 1. The number of nitrogens with one attached hydrogen (secondary N) is 1. The first-order valence-corrected chi connectivity index (χ1v) is 8.84. The number of hydrogen-bond acceptors (Lipinski definition) is 6. The summed E-state index contributed by atoms with van der Waals surface area (Å²) in [5.74, 6) is 5.59. The second kappa shape index (κ2) is 6.01.